The monoisotopic (exact) mass is 206 g/mol. The van der Waals surface area contributed by atoms with Gasteiger partial charge in [0.2, 0.25) is 0 Å². The van der Waals surface area contributed by atoms with Crippen LogP contribution in [0.5, 0.6) is 0 Å². The number of hydrazine groups is 3. The molecule has 7 heteroatoms. The number of hydrogen-bond donors (Lipinski definition) is 3. The molecule has 0 atom stereocenters. The number of nitrogens with zero attached hydrogens (tertiary/aromatic N) is 3. The topological polar surface area (TPSA) is 45.8 Å². The SMILES string of the molecule is CN(C)N[SiH](NN(C)C)NN(C)C. The van der Waals surface area contributed by atoms with E-state index >= 15 is 0 Å². The Balaban J connectivity index is 3.87. The summed E-state index contributed by atoms with van der Waals surface area (Å²) in [5, 5.41) is 15.8. The molecule has 0 aliphatic rings. The highest BCUT2D eigenvalue weighted by Crippen LogP contribution is 1.73. The maximum absolute atomic E-state index is 3.31. The van der Waals surface area contributed by atoms with Gasteiger partial charge in [0.15, 0.2) is 0 Å². The summed E-state index contributed by atoms with van der Waals surface area (Å²) in [4.78, 5) is 0. The van der Waals surface area contributed by atoms with E-state index in [0.29, 0.717) is 0 Å². The predicted molar refractivity (Wildman–Crippen MR) is 57.6 cm³/mol. The van der Waals surface area contributed by atoms with Crippen LogP contribution in [0.25, 0.3) is 0 Å². The summed E-state index contributed by atoms with van der Waals surface area (Å²) in [6.07, 6.45) is 0. The summed E-state index contributed by atoms with van der Waals surface area (Å²) in [6.45, 7) is 0. The fourth-order valence-corrected chi connectivity index (χ4v) is 2.58. The molecule has 0 bridgehead atoms. The Morgan fingerprint density at radius 3 is 1.00 bits per heavy atom. The van der Waals surface area contributed by atoms with E-state index in [0.717, 1.165) is 0 Å². The van der Waals surface area contributed by atoms with Crippen molar-refractivity contribution in [1.29, 1.82) is 0 Å². The fraction of sp³-hybridized carbons (Fsp3) is 1.00. The molecule has 0 aromatic heterocycles. The van der Waals surface area contributed by atoms with Gasteiger partial charge < -0.3 is 0 Å². The lowest BCUT2D eigenvalue weighted by Crippen LogP contribution is -2.67. The van der Waals surface area contributed by atoms with Crippen LogP contribution in [0.1, 0.15) is 0 Å². The van der Waals surface area contributed by atoms with Crippen LogP contribution < -0.4 is 15.3 Å². The molecule has 0 amide bonds. The first-order valence-electron chi connectivity index (χ1n) is 4.22. The highest BCUT2D eigenvalue weighted by Gasteiger charge is 2.12. The molecule has 0 spiro atoms. The second kappa shape index (κ2) is 6.43. The quantitative estimate of drug-likeness (QED) is 0.342. The Hall–Kier alpha value is -0.0231. The van der Waals surface area contributed by atoms with Crippen molar-refractivity contribution in [2.45, 2.75) is 0 Å². The molecule has 0 heterocycles. The van der Waals surface area contributed by atoms with Crippen LogP contribution >= 0.6 is 0 Å². The van der Waals surface area contributed by atoms with Crippen molar-refractivity contribution in [2.24, 2.45) is 0 Å². The molecule has 0 aliphatic heterocycles. The largest absolute Gasteiger partial charge is 0.306 e. The zero-order valence-electron chi connectivity index (χ0n) is 9.42. The van der Waals surface area contributed by atoms with E-state index in [4.69, 9.17) is 0 Å². The summed E-state index contributed by atoms with van der Waals surface area (Å²) in [6, 6.07) is 0. The van der Waals surface area contributed by atoms with Crippen LogP contribution in [-0.2, 0) is 0 Å². The number of hydrogen-bond acceptors (Lipinski definition) is 6. The van der Waals surface area contributed by atoms with Gasteiger partial charge in [-0.05, 0) is 0 Å². The van der Waals surface area contributed by atoms with Crippen LogP contribution in [0, 0.1) is 0 Å². The van der Waals surface area contributed by atoms with E-state index in [1.165, 1.54) is 0 Å². The van der Waals surface area contributed by atoms with Crippen LogP contribution in [-0.4, -0.2) is 66.6 Å². The standard InChI is InChI=1S/C6H22N6Si/c1-10(2)7-13(8-11(3)4)9-12(5)6/h7-9,13H,1-6H3. The van der Waals surface area contributed by atoms with Gasteiger partial charge in [-0.25, -0.2) is 0 Å². The van der Waals surface area contributed by atoms with Crippen molar-refractivity contribution in [1.82, 2.24) is 30.3 Å². The van der Waals surface area contributed by atoms with E-state index in [1.54, 1.807) is 0 Å². The van der Waals surface area contributed by atoms with Gasteiger partial charge >= 0.3 is 9.28 Å². The van der Waals surface area contributed by atoms with Crippen molar-refractivity contribution >= 4 is 9.28 Å². The molecular weight excluding hydrogens is 184 g/mol. The normalized spacial score (nSPS) is 12.5. The average Bonchev–Trinajstić information content (AvgIpc) is 1.80. The van der Waals surface area contributed by atoms with Crippen molar-refractivity contribution < 1.29 is 0 Å². The second-order valence-electron chi connectivity index (χ2n) is 3.50. The summed E-state index contributed by atoms with van der Waals surface area (Å²) in [7, 11) is 10.5. The third kappa shape index (κ3) is 8.31. The Bertz CT molecular complexity index is 105. The number of nitrogens with one attached hydrogen (secondary N) is 3. The highest BCUT2D eigenvalue weighted by molar-refractivity contribution is 6.49. The van der Waals surface area contributed by atoms with E-state index in [9.17, 15) is 0 Å². The van der Waals surface area contributed by atoms with Gasteiger partial charge in [0.25, 0.3) is 0 Å². The van der Waals surface area contributed by atoms with E-state index in [1.807, 2.05) is 57.3 Å². The smallest absolute Gasteiger partial charge is 0.255 e. The highest BCUT2D eigenvalue weighted by atomic mass is 28.3. The van der Waals surface area contributed by atoms with Gasteiger partial charge in [0, 0.05) is 42.3 Å². The van der Waals surface area contributed by atoms with Gasteiger partial charge in [-0.2, -0.15) is 0 Å². The molecule has 80 valence electrons. The molecule has 0 rings (SSSR count). The van der Waals surface area contributed by atoms with Crippen LogP contribution in [0.2, 0.25) is 0 Å². The first-order valence-corrected chi connectivity index (χ1v) is 5.95. The van der Waals surface area contributed by atoms with Gasteiger partial charge in [-0.1, -0.05) is 0 Å². The van der Waals surface area contributed by atoms with Crippen molar-refractivity contribution in [2.75, 3.05) is 42.3 Å². The lowest BCUT2D eigenvalue weighted by molar-refractivity contribution is 0.285. The maximum atomic E-state index is 3.31. The molecule has 0 fully saturated rings. The lowest BCUT2D eigenvalue weighted by atomic mass is 11.2. The Kier molecular flexibility index (Phi) is 6.42. The van der Waals surface area contributed by atoms with Gasteiger partial charge in [0.05, 0.1) is 0 Å². The second-order valence-corrected chi connectivity index (χ2v) is 5.14. The van der Waals surface area contributed by atoms with E-state index in [2.05, 4.69) is 15.3 Å². The van der Waals surface area contributed by atoms with Crippen molar-refractivity contribution in [3.05, 3.63) is 0 Å². The Morgan fingerprint density at radius 1 is 0.615 bits per heavy atom. The van der Waals surface area contributed by atoms with Gasteiger partial charge in [0.1, 0.15) is 0 Å². The summed E-state index contributed by atoms with van der Waals surface area (Å²) in [5.41, 5.74) is 0. The average molecular weight is 206 g/mol. The third-order valence-corrected chi connectivity index (χ3v) is 3.49. The fourth-order valence-electron chi connectivity index (χ4n) is 0.861. The van der Waals surface area contributed by atoms with Gasteiger partial charge in [-0.15, -0.1) is 0 Å². The minimum Gasteiger partial charge on any atom is -0.255 e. The molecule has 0 aliphatic carbocycles. The zero-order valence-corrected chi connectivity index (χ0v) is 10.6. The maximum Gasteiger partial charge on any atom is 0.306 e. The minimum absolute atomic E-state index is 1.38. The molecule has 0 aromatic carbocycles. The minimum atomic E-state index is -1.38. The Labute approximate surface area is 82.6 Å². The molecule has 0 unspecified atom stereocenters. The first-order chi connectivity index (χ1) is 5.91. The summed E-state index contributed by atoms with van der Waals surface area (Å²) in [5.74, 6) is 0. The first kappa shape index (κ1) is 13.0. The molecule has 13 heavy (non-hydrogen) atoms. The zero-order chi connectivity index (χ0) is 10.4. The molecule has 0 saturated carbocycles. The van der Waals surface area contributed by atoms with Gasteiger partial charge in [-0.3, -0.25) is 30.3 Å². The third-order valence-electron chi connectivity index (χ3n) is 1.16. The van der Waals surface area contributed by atoms with E-state index < -0.39 is 9.28 Å². The van der Waals surface area contributed by atoms with Crippen LogP contribution in [0.3, 0.4) is 0 Å². The number of rotatable bonds is 6. The van der Waals surface area contributed by atoms with Crippen molar-refractivity contribution in [3.8, 4) is 0 Å². The van der Waals surface area contributed by atoms with Crippen molar-refractivity contribution in [3.63, 3.8) is 0 Å². The van der Waals surface area contributed by atoms with Crippen LogP contribution in [0.4, 0.5) is 0 Å². The molecular formula is C6H22N6Si. The lowest BCUT2D eigenvalue weighted by Gasteiger charge is -2.28. The summed E-state index contributed by atoms with van der Waals surface area (Å²) < 4.78 is 0. The molecule has 0 aromatic rings. The Morgan fingerprint density at radius 2 is 0.846 bits per heavy atom. The molecule has 0 radical (unpaired) electrons. The summed E-state index contributed by atoms with van der Waals surface area (Å²) >= 11 is 0. The molecule has 6 nitrogen and oxygen atoms in total. The molecule has 3 N–H and O–H groups in total. The predicted octanol–water partition coefficient (Wildman–Crippen LogP) is -2.10. The molecule has 0 saturated heterocycles. The van der Waals surface area contributed by atoms with Crippen LogP contribution in [0.15, 0.2) is 0 Å². The van der Waals surface area contributed by atoms with E-state index in [-0.39, 0.29) is 0 Å².